The van der Waals surface area contributed by atoms with E-state index in [-0.39, 0.29) is 17.8 Å². The van der Waals surface area contributed by atoms with Crippen LogP contribution in [0, 0.1) is 0 Å². The molecule has 1 fully saturated rings. The first kappa shape index (κ1) is 12.5. The fraction of sp³-hybridized carbons (Fsp3) is 0.500. The molecule has 98 valence electrons. The highest BCUT2D eigenvalue weighted by Crippen LogP contribution is 2.04. The van der Waals surface area contributed by atoms with Gasteiger partial charge in [0.2, 0.25) is 0 Å². The highest BCUT2D eigenvalue weighted by molar-refractivity contribution is 5.92. The first-order valence-electron chi connectivity index (χ1n) is 5.48. The molecule has 2 rings (SSSR count). The third kappa shape index (κ3) is 2.66. The molecule has 2 atom stereocenters. The summed E-state index contributed by atoms with van der Waals surface area (Å²) in [6.45, 7) is 1.23. The lowest BCUT2D eigenvalue weighted by molar-refractivity contribution is 0.0776. The minimum atomic E-state index is -0.708. The van der Waals surface area contributed by atoms with E-state index in [1.807, 2.05) is 4.98 Å². The Morgan fingerprint density at radius 2 is 2.17 bits per heavy atom. The van der Waals surface area contributed by atoms with Crippen LogP contribution in [0.5, 0.6) is 0 Å². The molecule has 0 radical (unpaired) electrons. The van der Waals surface area contributed by atoms with E-state index in [0.29, 0.717) is 13.1 Å². The van der Waals surface area contributed by atoms with Crippen molar-refractivity contribution in [2.45, 2.75) is 12.1 Å². The SMILES string of the molecule is CO[C@H]1CNCC1NC(=O)c1cc(=O)[nH]c(=O)[nH]1. The molecule has 1 amide bonds. The van der Waals surface area contributed by atoms with Crippen LogP contribution < -0.4 is 21.9 Å². The van der Waals surface area contributed by atoms with Gasteiger partial charge in [0.05, 0.1) is 12.1 Å². The number of nitrogens with one attached hydrogen (secondary N) is 4. The zero-order valence-electron chi connectivity index (χ0n) is 9.78. The second-order valence-electron chi connectivity index (χ2n) is 4.01. The van der Waals surface area contributed by atoms with Gasteiger partial charge in [-0.1, -0.05) is 0 Å². The molecule has 1 aliphatic heterocycles. The summed E-state index contributed by atoms with van der Waals surface area (Å²) in [7, 11) is 1.56. The third-order valence-corrected chi connectivity index (χ3v) is 2.78. The highest BCUT2D eigenvalue weighted by Gasteiger charge is 2.28. The van der Waals surface area contributed by atoms with Gasteiger partial charge in [0.25, 0.3) is 11.5 Å². The van der Waals surface area contributed by atoms with Gasteiger partial charge in [-0.25, -0.2) is 4.79 Å². The number of carbonyl (C=O) groups is 1. The monoisotopic (exact) mass is 254 g/mol. The number of rotatable bonds is 3. The van der Waals surface area contributed by atoms with E-state index >= 15 is 0 Å². The summed E-state index contributed by atoms with van der Waals surface area (Å²) in [6.07, 6.45) is -0.123. The molecule has 0 bridgehead atoms. The molecule has 1 saturated heterocycles. The zero-order valence-corrected chi connectivity index (χ0v) is 9.78. The molecular weight excluding hydrogens is 240 g/mol. The Kier molecular flexibility index (Phi) is 3.58. The van der Waals surface area contributed by atoms with E-state index in [1.54, 1.807) is 7.11 Å². The van der Waals surface area contributed by atoms with Crippen molar-refractivity contribution in [2.24, 2.45) is 0 Å². The summed E-state index contributed by atoms with van der Waals surface area (Å²) in [6, 6.07) is 0.853. The van der Waals surface area contributed by atoms with Gasteiger partial charge in [-0.2, -0.15) is 0 Å². The Bertz CT molecular complexity index is 521. The Morgan fingerprint density at radius 3 is 2.83 bits per heavy atom. The summed E-state index contributed by atoms with van der Waals surface area (Å²) < 4.78 is 5.19. The minimum Gasteiger partial charge on any atom is -0.378 e. The molecule has 2 heterocycles. The topological polar surface area (TPSA) is 116 Å². The fourth-order valence-corrected chi connectivity index (χ4v) is 1.88. The van der Waals surface area contributed by atoms with Crippen LogP contribution in [-0.2, 0) is 4.74 Å². The molecule has 0 spiro atoms. The summed E-state index contributed by atoms with van der Waals surface area (Å²) in [5, 5.41) is 5.77. The number of hydrogen-bond donors (Lipinski definition) is 4. The molecule has 1 aliphatic rings. The summed E-state index contributed by atoms with van der Waals surface area (Å²) in [5.41, 5.74) is -1.39. The van der Waals surface area contributed by atoms with Crippen LogP contribution in [-0.4, -0.2) is 48.2 Å². The van der Waals surface area contributed by atoms with Gasteiger partial charge in [-0.3, -0.25) is 14.6 Å². The average Bonchev–Trinajstić information content (AvgIpc) is 2.75. The van der Waals surface area contributed by atoms with Crippen LogP contribution in [0.2, 0.25) is 0 Å². The van der Waals surface area contributed by atoms with Gasteiger partial charge in [0.15, 0.2) is 0 Å². The predicted molar refractivity (Wildman–Crippen MR) is 62.6 cm³/mol. The van der Waals surface area contributed by atoms with Crippen molar-refractivity contribution in [1.29, 1.82) is 0 Å². The lowest BCUT2D eigenvalue weighted by atomic mass is 10.2. The van der Waals surface area contributed by atoms with Gasteiger partial charge in [0.1, 0.15) is 5.69 Å². The van der Waals surface area contributed by atoms with Crippen LogP contribution in [0.3, 0.4) is 0 Å². The molecule has 0 saturated carbocycles. The summed E-state index contributed by atoms with van der Waals surface area (Å²) in [5.74, 6) is -0.506. The van der Waals surface area contributed by atoms with E-state index < -0.39 is 17.2 Å². The first-order chi connectivity index (χ1) is 8.60. The molecule has 4 N–H and O–H groups in total. The number of hydrogen-bond acceptors (Lipinski definition) is 5. The van der Waals surface area contributed by atoms with E-state index in [2.05, 4.69) is 15.6 Å². The maximum atomic E-state index is 11.8. The van der Waals surface area contributed by atoms with Crippen molar-refractivity contribution >= 4 is 5.91 Å². The fourth-order valence-electron chi connectivity index (χ4n) is 1.88. The number of aromatic amines is 2. The summed E-state index contributed by atoms with van der Waals surface area (Å²) >= 11 is 0. The van der Waals surface area contributed by atoms with Gasteiger partial charge in [-0.15, -0.1) is 0 Å². The lowest BCUT2D eigenvalue weighted by Gasteiger charge is -2.18. The number of carbonyl (C=O) groups excluding carboxylic acids is 1. The Labute approximate surface area is 102 Å². The molecule has 1 aromatic heterocycles. The molecule has 0 aliphatic carbocycles. The maximum Gasteiger partial charge on any atom is 0.326 e. The maximum absolute atomic E-state index is 11.8. The van der Waals surface area contributed by atoms with Crippen LogP contribution in [0.25, 0.3) is 0 Å². The number of ether oxygens (including phenoxy) is 1. The molecule has 8 nitrogen and oxygen atoms in total. The third-order valence-electron chi connectivity index (χ3n) is 2.78. The molecule has 18 heavy (non-hydrogen) atoms. The molecular formula is C10H14N4O4. The van der Waals surface area contributed by atoms with Gasteiger partial charge in [0, 0.05) is 26.3 Å². The number of aromatic nitrogens is 2. The van der Waals surface area contributed by atoms with Crippen LogP contribution in [0.15, 0.2) is 15.7 Å². The van der Waals surface area contributed by atoms with E-state index in [4.69, 9.17) is 4.74 Å². The lowest BCUT2D eigenvalue weighted by Crippen LogP contribution is -2.44. The zero-order chi connectivity index (χ0) is 13.1. The minimum absolute atomic E-state index is 0.0643. The molecule has 0 aromatic carbocycles. The van der Waals surface area contributed by atoms with Crippen molar-refractivity contribution in [3.05, 3.63) is 32.6 Å². The van der Waals surface area contributed by atoms with E-state index in [9.17, 15) is 14.4 Å². The second-order valence-corrected chi connectivity index (χ2v) is 4.01. The van der Waals surface area contributed by atoms with Crippen LogP contribution in [0.4, 0.5) is 0 Å². The van der Waals surface area contributed by atoms with Crippen molar-refractivity contribution in [3.63, 3.8) is 0 Å². The largest absolute Gasteiger partial charge is 0.378 e. The normalized spacial score (nSPS) is 22.9. The quantitative estimate of drug-likeness (QED) is 0.487. The standard InChI is InChI=1S/C10H14N4O4/c1-18-7-4-11-3-6(7)12-9(16)5-2-8(15)14-10(17)13-5/h2,6-7,11H,3-4H2,1H3,(H,12,16)(H2,13,14,15,17)/t6?,7-/m0/s1. The Hall–Kier alpha value is -1.93. The second kappa shape index (κ2) is 5.15. The van der Waals surface area contributed by atoms with Gasteiger partial charge < -0.3 is 20.4 Å². The molecule has 8 heteroatoms. The smallest absolute Gasteiger partial charge is 0.326 e. The number of methoxy groups -OCH3 is 1. The highest BCUT2D eigenvalue weighted by atomic mass is 16.5. The predicted octanol–water partition coefficient (Wildman–Crippen LogP) is -2.22. The number of H-pyrrole nitrogens is 2. The van der Waals surface area contributed by atoms with E-state index in [0.717, 1.165) is 6.07 Å². The van der Waals surface area contributed by atoms with Gasteiger partial charge in [-0.05, 0) is 0 Å². The molecule has 1 unspecified atom stereocenters. The number of amides is 1. The van der Waals surface area contributed by atoms with Crippen LogP contribution >= 0.6 is 0 Å². The van der Waals surface area contributed by atoms with Crippen molar-refractivity contribution in [1.82, 2.24) is 20.6 Å². The first-order valence-corrected chi connectivity index (χ1v) is 5.48. The molecule has 1 aromatic rings. The Balaban J connectivity index is 2.12. The average molecular weight is 254 g/mol. The Morgan fingerprint density at radius 1 is 1.39 bits per heavy atom. The van der Waals surface area contributed by atoms with Crippen LogP contribution in [0.1, 0.15) is 10.5 Å². The van der Waals surface area contributed by atoms with Crippen molar-refractivity contribution in [2.75, 3.05) is 20.2 Å². The summed E-state index contributed by atoms with van der Waals surface area (Å²) in [4.78, 5) is 38.2. The van der Waals surface area contributed by atoms with Crippen molar-refractivity contribution in [3.8, 4) is 0 Å². The van der Waals surface area contributed by atoms with Crippen molar-refractivity contribution < 1.29 is 9.53 Å². The van der Waals surface area contributed by atoms with E-state index in [1.165, 1.54) is 0 Å². The van der Waals surface area contributed by atoms with Gasteiger partial charge >= 0.3 is 5.69 Å².